The van der Waals surface area contributed by atoms with Gasteiger partial charge in [-0.25, -0.2) is 14.6 Å². The SMILES string of the molecule is CCc1nc2n(n1)CC(NC(=NC)NCCc1nc(C(C)(C)C)cs1)CC2.I. The number of thiazole rings is 1. The molecule has 2 aromatic rings. The molecule has 3 rings (SSSR count). The summed E-state index contributed by atoms with van der Waals surface area (Å²) in [5, 5.41) is 14.8. The topological polar surface area (TPSA) is 80.0 Å². The Hall–Kier alpha value is -1.23. The molecule has 28 heavy (non-hydrogen) atoms. The molecule has 0 spiro atoms. The second-order valence-electron chi connectivity index (χ2n) is 7.99. The van der Waals surface area contributed by atoms with Gasteiger partial charge in [0.2, 0.25) is 0 Å². The zero-order valence-electron chi connectivity index (χ0n) is 17.4. The van der Waals surface area contributed by atoms with Crippen LogP contribution in [0, 0.1) is 0 Å². The summed E-state index contributed by atoms with van der Waals surface area (Å²) in [7, 11) is 1.81. The minimum absolute atomic E-state index is 0. The summed E-state index contributed by atoms with van der Waals surface area (Å²) < 4.78 is 2.04. The van der Waals surface area contributed by atoms with E-state index in [1.54, 1.807) is 11.3 Å². The van der Waals surface area contributed by atoms with E-state index in [9.17, 15) is 0 Å². The van der Waals surface area contributed by atoms with Crippen LogP contribution < -0.4 is 10.6 Å². The van der Waals surface area contributed by atoms with Crippen molar-refractivity contribution in [3.05, 3.63) is 27.7 Å². The van der Waals surface area contributed by atoms with Crippen molar-refractivity contribution >= 4 is 41.3 Å². The average Bonchev–Trinajstić information content (AvgIpc) is 3.26. The molecule has 1 unspecified atom stereocenters. The lowest BCUT2D eigenvalue weighted by molar-refractivity contribution is 0.392. The molecular formula is C19H32IN7S. The molecule has 0 aliphatic carbocycles. The Morgan fingerprint density at radius 1 is 1.36 bits per heavy atom. The van der Waals surface area contributed by atoms with Gasteiger partial charge in [-0.05, 0) is 6.42 Å². The first-order chi connectivity index (χ1) is 12.9. The van der Waals surface area contributed by atoms with Gasteiger partial charge in [0.1, 0.15) is 5.82 Å². The molecule has 7 nitrogen and oxygen atoms in total. The molecule has 0 radical (unpaired) electrons. The summed E-state index contributed by atoms with van der Waals surface area (Å²) in [6.45, 7) is 10.3. The number of fused-ring (bicyclic) bond motifs is 1. The van der Waals surface area contributed by atoms with Crippen molar-refractivity contribution in [1.29, 1.82) is 0 Å². The standard InChI is InChI=1S/C19H31N7S.HI/c1-6-15-24-16-8-7-13(11-26(16)25-15)22-18(20-5)21-10-9-17-23-14(12-27-17)19(2,3)4;/h12-13H,6-11H2,1-5H3,(H2,20,21,22);1H. The normalized spacial score (nSPS) is 17.0. The van der Waals surface area contributed by atoms with Crippen LogP contribution in [0.2, 0.25) is 0 Å². The summed E-state index contributed by atoms with van der Waals surface area (Å²) in [6.07, 6.45) is 3.79. The summed E-state index contributed by atoms with van der Waals surface area (Å²) in [4.78, 5) is 13.7. The number of aryl methyl sites for hydroxylation is 2. The first-order valence-corrected chi connectivity index (χ1v) is 10.6. The van der Waals surface area contributed by atoms with Crippen LogP contribution in [0.5, 0.6) is 0 Å². The molecule has 156 valence electrons. The molecule has 3 heterocycles. The van der Waals surface area contributed by atoms with Crippen molar-refractivity contribution in [2.75, 3.05) is 13.6 Å². The predicted octanol–water partition coefficient (Wildman–Crippen LogP) is 2.94. The van der Waals surface area contributed by atoms with Crippen molar-refractivity contribution in [3.8, 4) is 0 Å². The molecule has 1 aliphatic heterocycles. The Labute approximate surface area is 188 Å². The van der Waals surface area contributed by atoms with E-state index in [0.29, 0.717) is 6.04 Å². The molecule has 0 saturated carbocycles. The minimum atomic E-state index is 0. The van der Waals surface area contributed by atoms with Crippen molar-refractivity contribution < 1.29 is 0 Å². The molecule has 0 amide bonds. The smallest absolute Gasteiger partial charge is 0.191 e. The van der Waals surface area contributed by atoms with Crippen molar-refractivity contribution in [1.82, 2.24) is 30.4 Å². The summed E-state index contributed by atoms with van der Waals surface area (Å²) in [5.74, 6) is 2.88. The van der Waals surface area contributed by atoms with Gasteiger partial charge in [0, 0.05) is 49.7 Å². The molecule has 1 atom stereocenters. The van der Waals surface area contributed by atoms with E-state index in [1.807, 2.05) is 11.7 Å². The number of nitrogens with one attached hydrogen (secondary N) is 2. The third-order valence-electron chi connectivity index (χ3n) is 4.73. The highest BCUT2D eigenvalue weighted by molar-refractivity contribution is 14.0. The molecule has 0 aromatic carbocycles. The maximum absolute atomic E-state index is 4.75. The lowest BCUT2D eigenvalue weighted by Crippen LogP contribution is -2.47. The van der Waals surface area contributed by atoms with Crippen LogP contribution in [0.1, 0.15) is 56.5 Å². The second kappa shape index (κ2) is 10.00. The predicted molar refractivity (Wildman–Crippen MR) is 126 cm³/mol. The summed E-state index contributed by atoms with van der Waals surface area (Å²) >= 11 is 1.74. The zero-order valence-corrected chi connectivity index (χ0v) is 20.6. The average molecular weight is 517 g/mol. The highest BCUT2D eigenvalue weighted by Gasteiger charge is 2.22. The maximum atomic E-state index is 4.75. The lowest BCUT2D eigenvalue weighted by atomic mass is 9.93. The highest BCUT2D eigenvalue weighted by Crippen LogP contribution is 2.23. The molecule has 1 aliphatic rings. The third-order valence-corrected chi connectivity index (χ3v) is 5.64. The largest absolute Gasteiger partial charge is 0.356 e. The summed E-state index contributed by atoms with van der Waals surface area (Å²) in [6, 6.07) is 0.322. The van der Waals surface area contributed by atoms with Crippen LogP contribution in [-0.2, 0) is 31.2 Å². The van der Waals surface area contributed by atoms with Gasteiger partial charge in [-0.3, -0.25) is 4.99 Å². The van der Waals surface area contributed by atoms with E-state index in [2.05, 4.69) is 58.8 Å². The second-order valence-corrected chi connectivity index (χ2v) is 8.93. The van der Waals surface area contributed by atoms with Crippen molar-refractivity contribution in [2.24, 2.45) is 4.99 Å². The van der Waals surface area contributed by atoms with E-state index >= 15 is 0 Å². The number of aliphatic imine (C=N–C) groups is 1. The van der Waals surface area contributed by atoms with E-state index in [-0.39, 0.29) is 29.4 Å². The van der Waals surface area contributed by atoms with Gasteiger partial charge in [0.05, 0.1) is 17.2 Å². The Morgan fingerprint density at radius 2 is 2.14 bits per heavy atom. The Balaban J connectivity index is 0.00000280. The maximum Gasteiger partial charge on any atom is 0.191 e. The number of halogens is 1. The van der Waals surface area contributed by atoms with Crippen LogP contribution >= 0.6 is 35.3 Å². The van der Waals surface area contributed by atoms with Crippen LogP contribution in [0.15, 0.2) is 10.4 Å². The Kier molecular flexibility index (Phi) is 8.23. The number of aromatic nitrogens is 4. The van der Waals surface area contributed by atoms with Gasteiger partial charge in [0.25, 0.3) is 0 Å². The van der Waals surface area contributed by atoms with Gasteiger partial charge >= 0.3 is 0 Å². The van der Waals surface area contributed by atoms with Gasteiger partial charge in [-0.1, -0.05) is 27.7 Å². The van der Waals surface area contributed by atoms with E-state index < -0.39 is 0 Å². The molecule has 0 bridgehead atoms. The van der Waals surface area contributed by atoms with Crippen molar-refractivity contribution in [2.45, 2.75) is 71.4 Å². The van der Waals surface area contributed by atoms with E-state index in [4.69, 9.17) is 4.98 Å². The summed E-state index contributed by atoms with van der Waals surface area (Å²) in [5.41, 5.74) is 1.28. The molecular weight excluding hydrogens is 485 g/mol. The molecule has 0 fully saturated rings. The number of guanidine groups is 1. The Morgan fingerprint density at radius 3 is 2.79 bits per heavy atom. The Bertz CT molecular complexity index is 791. The van der Waals surface area contributed by atoms with Crippen molar-refractivity contribution in [3.63, 3.8) is 0 Å². The molecule has 9 heteroatoms. The van der Waals surface area contributed by atoms with Crippen LogP contribution in [-0.4, -0.2) is 45.3 Å². The third kappa shape index (κ3) is 5.88. The lowest BCUT2D eigenvalue weighted by Gasteiger charge is -2.25. The van der Waals surface area contributed by atoms with Crippen LogP contribution in [0.4, 0.5) is 0 Å². The minimum Gasteiger partial charge on any atom is -0.356 e. The first-order valence-electron chi connectivity index (χ1n) is 9.73. The van der Waals surface area contributed by atoms with E-state index in [0.717, 1.165) is 56.4 Å². The first kappa shape index (κ1) is 23.1. The number of rotatable bonds is 5. The number of hydrogen-bond donors (Lipinski definition) is 2. The fourth-order valence-electron chi connectivity index (χ4n) is 3.07. The fourth-order valence-corrected chi connectivity index (χ4v) is 4.10. The fraction of sp³-hybridized carbons (Fsp3) is 0.684. The number of hydrogen-bond acceptors (Lipinski definition) is 5. The van der Waals surface area contributed by atoms with Gasteiger partial charge in [0.15, 0.2) is 11.8 Å². The van der Waals surface area contributed by atoms with Gasteiger partial charge < -0.3 is 10.6 Å². The van der Waals surface area contributed by atoms with Crippen LogP contribution in [0.3, 0.4) is 0 Å². The quantitative estimate of drug-likeness (QED) is 0.362. The van der Waals surface area contributed by atoms with E-state index in [1.165, 1.54) is 10.7 Å². The highest BCUT2D eigenvalue weighted by atomic mass is 127. The molecule has 2 N–H and O–H groups in total. The van der Waals surface area contributed by atoms with Gasteiger partial charge in [-0.15, -0.1) is 35.3 Å². The zero-order chi connectivity index (χ0) is 19.4. The molecule has 2 aromatic heterocycles. The van der Waals surface area contributed by atoms with Gasteiger partial charge in [-0.2, -0.15) is 5.10 Å². The molecule has 0 saturated heterocycles. The van der Waals surface area contributed by atoms with Crippen LogP contribution in [0.25, 0.3) is 0 Å². The number of nitrogens with zero attached hydrogens (tertiary/aromatic N) is 5. The monoisotopic (exact) mass is 517 g/mol.